The highest BCUT2D eigenvalue weighted by Gasteiger charge is 2.17. The van der Waals surface area contributed by atoms with Crippen LogP contribution in [0.1, 0.15) is 18.9 Å². The van der Waals surface area contributed by atoms with Gasteiger partial charge in [0, 0.05) is 32.7 Å². The summed E-state index contributed by atoms with van der Waals surface area (Å²) in [6.45, 7) is 7.77. The predicted octanol–water partition coefficient (Wildman–Crippen LogP) is 4.35. The third kappa shape index (κ3) is 7.42. The number of carbonyl (C=O) groups is 1. The first-order valence-corrected chi connectivity index (χ1v) is 10.9. The molecule has 31 heavy (non-hydrogen) atoms. The Morgan fingerprint density at radius 3 is 2.58 bits per heavy atom. The molecule has 0 bridgehead atoms. The number of urea groups is 1. The van der Waals surface area contributed by atoms with Crippen molar-refractivity contribution in [2.75, 3.05) is 58.4 Å². The summed E-state index contributed by atoms with van der Waals surface area (Å²) in [7, 11) is 1.61. The van der Waals surface area contributed by atoms with Gasteiger partial charge >= 0.3 is 6.03 Å². The summed E-state index contributed by atoms with van der Waals surface area (Å²) in [6.07, 6.45) is 3.04. The van der Waals surface area contributed by atoms with E-state index in [0.717, 1.165) is 50.4 Å². The number of carbonyl (C=O) groups excluding carboxylic acids is 1. The molecule has 3 rings (SSSR count). The van der Waals surface area contributed by atoms with Gasteiger partial charge in [0.1, 0.15) is 5.75 Å². The first kappa shape index (κ1) is 22.8. The molecule has 0 aliphatic carbocycles. The lowest BCUT2D eigenvalue weighted by Gasteiger charge is -2.28. The summed E-state index contributed by atoms with van der Waals surface area (Å²) < 4.78 is 10.8. The lowest BCUT2D eigenvalue weighted by molar-refractivity contribution is 0.0366. The zero-order chi connectivity index (χ0) is 21.9. The number of nitrogens with one attached hydrogen (secondary N) is 1. The number of amides is 2. The van der Waals surface area contributed by atoms with Gasteiger partial charge in [-0.15, -0.1) is 0 Å². The first-order valence-electron chi connectivity index (χ1n) is 10.9. The number of benzene rings is 2. The van der Waals surface area contributed by atoms with Crippen LogP contribution >= 0.6 is 0 Å². The van der Waals surface area contributed by atoms with E-state index in [1.54, 1.807) is 7.11 Å². The van der Waals surface area contributed by atoms with Crippen molar-refractivity contribution in [2.24, 2.45) is 0 Å². The number of ether oxygens (including phenoxy) is 2. The maximum absolute atomic E-state index is 13.1. The van der Waals surface area contributed by atoms with Crippen LogP contribution in [0.2, 0.25) is 0 Å². The molecular weight excluding hydrogens is 390 g/mol. The van der Waals surface area contributed by atoms with Crippen LogP contribution in [-0.2, 0) is 4.74 Å². The molecule has 0 aromatic heterocycles. The summed E-state index contributed by atoms with van der Waals surface area (Å²) in [6, 6.07) is 17.6. The molecule has 6 nitrogen and oxygen atoms in total. The van der Waals surface area contributed by atoms with E-state index in [1.807, 2.05) is 47.4 Å². The monoisotopic (exact) mass is 423 g/mol. The minimum Gasteiger partial charge on any atom is -0.495 e. The van der Waals surface area contributed by atoms with Gasteiger partial charge in [0.15, 0.2) is 0 Å². The minimum absolute atomic E-state index is 0.118. The first-order chi connectivity index (χ1) is 15.2. The van der Waals surface area contributed by atoms with Crippen LogP contribution in [0.15, 0.2) is 60.2 Å². The molecule has 1 N–H and O–H groups in total. The maximum atomic E-state index is 13.1. The molecule has 1 fully saturated rings. The number of hydrogen-bond donors (Lipinski definition) is 1. The summed E-state index contributed by atoms with van der Waals surface area (Å²) >= 11 is 0. The van der Waals surface area contributed by atoms with E-state index in [9.17, 15) is 4.79 Å². The van der Waals surface area contributed by atoms with Gasteiger partial charge in [-0.05, 0) is 31.0 Å². The van der Waals surface area contributed by atoms with Crippen molar-refractivity contribution in [1.29, 1.82) is 0 Å². The molecule has 2 aromatic carbocycles. The molecule has 0 radical (unpaired) electrons. The normalized spacial score (nSPS) is 14.8. The van der Waals surface area contributed by atoms with E-state index in [-0.39, 0.29) is 6.03 Å². The molecule has 2 amide bonds. The summed E-state index contributed by atoms with van der Waals surface area (Å²) in [5.74, 6) is 0.653. The van der Waals surface area contributed by atoms with Crippen LogP contribution in [0, 0.1) is 0 Å². The fourth-order valence-corrected chi connectivity index (χ4v) is 3.69. The molecule has 6 heteroatoms. The quantitative estimate of drug-likeness (QED) is 0.651. The molecule has 1 aliphatic rings. The molecule has 0 atom stereocenters. The van der Waals surface area contributed by atoms with Gasteiger partial charge in [-0.2, -0.15) is 0 Å². The van der Waals surface area contributed by atoms with Crippen LogP contribution < -0.4 is 10.1 Å². The number of para-hydroxylation sites is 2. The Bertz CT molecular complexity index is 848. The van der Waals surface area contributed by atoms with Crippen LogP contribution in [0.4, 0.5) is 10.5 Å². The predicted molar refractivity (Wildman–Crippen MR) is 126 cm³/mol. The van der Waals surface area contributed by atoms with E-state index in [4.69, 9.17) is 9.47 Å². The number of hydrogen-bond acceptors (Lipinski definition) is 4. The molecule has 1 heterocycles. The Balaban J connectivity index is 1.66. The van der Waals surface area contributed by atoms with Gasteiger partial charge in [0.2, 0.25) is 0 Å². The van der Waals surface area contributed by atoms with Crippen LogP contribution in [0.3, 0.4) is 0 Å². The second-order valence-electron chi connectivity index (χ2n) is 7.76. The highest BCUT2D eigenvalue weighted by atomic mass is 16.5. The van der Waals surface area contributed by atoms with Crippen molar-refractivity contribution in [2.45, 2.75) is 13.3 Å². The van der Waals surface area contributed by atoms with Crippen molar-refractivity contribution in [3.63, 3.8) is 0 Å². The van der Waals surface area contributed by atoms with Gasteiger partial charge < -0.3 is 19.7 Å². The Morgan fingerprint density at radius 2 is 1.84 bits per heavy atom. The number of methoxy groups -OCH3 is 1. The van der Waals surface area contributed by atoms with E-state index in [2.05, 4.69) is 35.3 Å². The fourth-order valence-electron chi connectivity index (χ4n) is 3.69. The van der Waals surface area contributed by atoms with Crippen molar-refractivity contribution >= 4 is 17.8 Å². The summed E-state index contributed by atoms with van der Waals surface area (Å²) in [5.41, 5.74) is 2.95. The van der Waals surface area contributed by atoms with Gasteiger partial charge in [-0.1, -0.05) is 54.1 Å². The molecule has 0 spiro atoms. The number of morpholine rings is 1. The van der Waals surface area contributed by atoms with Gasteiger partial charge in [-0.25, -0.2) is 4.79 Å². The zero-order valence-electron chi connectivity index (χ0n) is 18.5. The molecule has 0 saturated carbocycles. The molecular formula is C25H33N3O3. The molecule has 0 unspecified atom stereocenters. The Morgan fingerprint density at radius 1 is 1.13 bits per heavy atom. The Hall–Kier alpha value is -2.83. The largest absolute Gasteiger partial charge is 0.495 e. The zero-order valence-corrected chi connectivity index (χ0v) is 18.5. The van der Waals surface area contributed by atoms with Crippen LogP contribution in [0.25, 0.3) is 6.08 Å². The average molecular weight is 424 g/mol. The minimum atomic E-state index is -0.118. The van der Waals surface area contributed by atoms with E-state index < -0.39 is 0 Å². The third-order valence-electron chi connectivity index (χ3n) is 5.29. The number of nitrogens with zero attached hydrogens (tertiary/aromatic N) is 2. The topological polar surface area (TPSA) is 54.0 Å². The smallest absolute Gasteiger partial charge is 0.322 e. The van der Waals surface area contributed by atoms with Crippen molar-refractivity contribution in [1.82, 2.24) is 9.80 Å². The van der Waals surface area contributed by atoms with Crippen LogP contribution in [0.5, 0.6) is 5.75 Å². The van der Waals surface area contributed by atoms with Crippen molar-refractivity contribution in [3.8, 4) is 5.75 Å². The SMILES string of the molecule is COc1ccccc1NC(=O)N(CCCN1CCOCC1)C/C(C)=C/c1ccccc1. The van der Waals surface area contributed by atoms with Gasteiger partial charge in [0.25, 0.3) is 0 Å². The number of rotatable bonds is 9. The Labute approximate surface area is 185 Å². The highest BCUT2D eigenvalue weighted by Crippen LogP contribution is 2.23. The summed E-state index contributed by atoms with van der Waals surface area (Å²) in [5, 5.41) is 3.02. The van der Waals surface area contributed by atoms with Crippen LogP contribution in [-0.4, -0.2) is 68.9 Å². The number of anilines is 1. The third-order valence-corrected chi connectivity index (χ3v) is 5.29. The highest BCUT2D eigenvalue weighted by molar-refractivity contribution is 5.91. The molecule has 2 aromatic rings. The van der Waals surface area contributed by atoms with Gasteiger partial charge in [-0.3, -0.25) is 4.90 Å². The van der Waals surface area contributed by atoms with Crippen molar-refractivity contribution in [3.05, 3.63) is 65.7 Å². The Kier molecular flexibility index (Phi) is 8.94. The second kappa shape index (κ2) is 12.1. The molecule has 166 valence electrons. The lowest BCUT2D eigenvalue weighted by atomic mass is 10.1. The second-order valence-corrected chi connectivity index (χ2v) is 7.76. The van der Waals surface area contributed by atoms with Crippen molar-refractivity contribution < 1.29 is 14.3 Å². The maximum Gasteiger partial charge on any atom is 0.322 e. The molecule has 1 saturated heterocycles. The fraction of sp³-hybridized carbons (Fsp3) is 0.400. The summed E-state index contributed by atoms with van der Waals surface area (Å²) in [4.78, 5) is 17.4. The molecule has 1 aliphatic heterocycles. The van der Waals surface area contributed by atoms with E-state index in [1.165, 1.54) is 0 Å². The van der Waals surface area contributed by atoms with Gasteiger partial charge in [0.05, 0.1) is 26.0 Å². The lowest BCUT2D eigenvalue weighted by Crippen LogP contribution is -2.40. The van der Waals surface area contributed by atoms with E-state index >= 15 is 0 Å². The average Bonchev–Trinajstić information content (AvgIpc) is 2.80. The van der Waals surface area contributed by atoms with E-state index in [0.29, 0.717) is 24.5 Å². The standard InChI is InChI=1S/C25H33N3O3/c1-21(19-22-9-4-3-5-10-22)20-28(14-8-13-27-15-17-31-18-16-27)25(29)26-23-11-6-7-12-24(23)30-2/h3-7,9-12,19H,8,13-18,20H2,1-2H3,(H,26,29)/b21-19+.